The molecule has 4 nitrogen and oxygen atoms in total. The van der Waals surface area contributed by atoms with Gasteiger partial charge in [-0.3, -0.25) is 4.98 Å². The normalized spacial score (nSPS) is 10.9. The van der Waals surface area contributed by atoms with Gasteiger partial charge in [0.25, 0.3) is 0 Å². The second kappa shape index (κ2) is 11.8. The second-order valence-electron chi connectivity index (χ2n) is 10.1. The third-order valence-corrected chi connectivity index (χ3v) is 7.50. The van der Waals surface area contributed by atoms with E-state index in [4.69, 9.17) is 31.5 Å². The van der Waals surface area contributed by atoms with E-state index in [0.717, 1.165) is 50.2 Å². The highest BCUT2D eigenvalue weighted by Gasteiger charge is 2.14. The Balaban J connectivity index is 1.34. The molecule has 204 valence electrons. The number of hydrogen-bond donors (Lipinski definition) is 0. The minimum Gasteiger partial charge on any atom is -0.255 e. The highest BCUT2D eigenvalue weighted by atomic mass is 35.5. The molecule has 0 radical (unpaired) electrons. The first-order chi connectivity index (χ1) is 21.2. The summed E-state index contributed by atoms with van der Waals surface area (Å²) in [6.07, 6.45) is 1.81. The monoisotopic (exact) mass is 572 g/mol. The predicted octanol–water partition coefficient (Wildman–Crippen LogP) is 9.92. The summed E-state index contributed by atoms with van der Waals surface area (Å²) in [4.78, 5) is 19.6. The maximum Gasteiger partial charge on any atom is 0.165 e. The molecule has 0 aliphatic rings. The van der Waals surface area contributed by atoms with E-state index < -0.39 is 0 Å². The molecule has 0 saturated carbocycles. The van der Waals surface area contributed by atoms with Gasteiger partial charge in [-0.25, -0.2) is 15.0 Å². The molecule has 2 heterocycles. The van der Waals surface area contributed by atoms with Gasteiger partial charge in [0.15, 0.2) is 17.5 Å². The van der Waals surface area contributed by atoms with Crippen LogP contribution < -0.4 is 0 Å². The Morgan fingerprint density at radius 1 is 0.349 bits per heavy atom. The van der Waals surface area contributed by atoms with Crippen LogP contribution in [0.15, 0.2) is 152 Å². The summed E-state index contributed by atoms with van der Waals surface area (Å²) in [7, 11) is 0. The maximum atomic E-state index is 6.08. The van der Waals surface area contributed by atoms with Crippen LogP contribution in [0.3, 0.4) is 0 Å². The first-order valence-corrected chi connectivity index (χ1v) is 14.4. The Bertz CT molecular complexity index is 1910. The molecule has 2 aromatic heterocycles. The number of pyridine rings is 1. The van der Waals surface area contributed by atoms with Crippen LogP contribution in [0, 0.1) is 0 Å². The van der Waals surface area contributed by atoms with Gasteiger partial charge in [0.2, 0.25) is 0 Å². The van der Waals surface area contributed by atoms with Gasteiger partial charge in [-0.05, 0) is 58.7 Å². The van der Waals surface area contributed by atoms with Gasteiger partial charge in [0.05, 0.1) is 5.69 Å². The van der Waals surface area contributed by atoms with Crippen LogP contribution >= 0.6 is 11.6 Å². The molecule has 5 aromatic carbocycles. The SMILES string of the molecule is Clc1ccc(-c2ccc(-c3nc(-c4cccc(-c5ccccc5)c4)nc(-c4cccc(-c5ccccc5)c4)n3)cn2)cc1. The average Bonchev–Trinajstić information content (AvgIpc) is 3.09. The topological polar surface area (TPSA) is 51.6 Å². The van der Waals surface area contributed by atoms with Crippen LogP contribution in [-0.2, 0) is 0 Å². The molecule has 0 N–H and O–H groups in total. The molecule has 5 heteroatoms. The summed E-state index contributed by atoms with van der Waals surface area (Å²) in [6, 6.07) is 48.9. The van der Waals surface area contributed by atoms with Gasteiger partial charge in [0.1, 0.15) is 0 Å². The smallest absolute Gasteiger partial charge is 0.165 e. The fourth-order valence-electron chi connectivity index (χ4n) is 5.02. The molecule has 0 spiro atoms. The number of benzene rings is 5. The number of aromatic nitrogens is 4. The zero-order valence-corrected chi connectivity index (χ0v) is 23.9. The number of halogens is 1. The highest BCUT2D eigenvalue weighted by molar-refractivity contribution is 6.30. The molecular weight excluding hydrogens is 548 g/mol. The van der Waals surface area contributed by atoms with Crippen molar-refractivity contribution in [3.63, 3.8) is 0 Å². The van der Waals surface area contributed by atoms with Crippen molar-refractivity contribution in [3.05, 3.63) is 157 Å². The van der Waals surface area contributed by atoms with Crippen LogP contribution in [0.5, 0.6) is 0 Å². The molecule has 0 saturated heterocycles. The minimum atomic E-state index is 0.561. The molecule has 7 aromatic rings. The molecule has 0 unspecified atom stereocenters. The van der Waals surface area contributed by atoms with Gasteiger partial charge in [0, 0.05) is 33.5 Å². The van der Waals surface area contributed by atoms with Crippen LogP contribution in [0.25, 0.3) is 67.7 Å². The summed E-state index contributed by atoms with van der Waals surface area (Å²) < 4.78 is 0. The summed E-state index contributed by atoms with van der Waals surface area (Å²) in [5.41, 5.74) is 8.94. The molecule has 0 bridgehead atoms. The molecular formula is C38H25ClN4. The van der Waals surface area contributed by atoms with E-state index in [1.54, 1.807) is 0 Å². The molecule has 0 amide bonds. The van der Waals surface area contributed by atoms with Crippen LogP contribution in [-0.4, -0.2) is 19.9 Å². The Kier molecular flexibility index (Phi) is 7.26. The van der Waals surface area contributed by atoms with Gasteiger partial charge < -0.3 is 0 Å². The van der Waals surface area contributed by atoms with E-state index >= 15 is 0 Å². The lowest BCUT2D eigenvalue weighted by molar-refractivity contribution is 1.07. The third kappa shape index (κ3) is 5.82. The Morgan fingerprint density at radius 3 is 1.28 bits per heavy atom. The van der Waals surface area contributed by atoms with E-state index in [1.165, 1.54) is 0 Å². The zero-order chi connectivity index (χ0) is 29.0. The quantitative estimate of drug-likeness (QED) is 0.199. The third-order valence-electron chi connectivity index (χ3n) is 7.25. The molecule has 43 heavy (non-hydrogen) atoms. The predicted molar refractivity (Wildman–Crippen MR) is 175 cm³/mol. The first kappa shape index (κ1) is 26.4. The summed E-state index contributed by atoms with van der Waals surface area (Å²) in [6.45, 7) is 0. The van der Waals surface area contributed by atoms with Crippen molar-refractivity contribution in [2.24, 2.45) is 0 Å². The van der Waals surface area contributed by atoms with Crippen LogP contribution in [0.4, 0.5) is 0 Å². The van der Waals surface area contributed by atoms with Crippen molar-refractivity contribution >= 4 is 11.6 Å². The highest BCUT2D eigenvalue weighted by Crippen LogP contribution is 2.30. The molecule has 0 aliphatic heterocycles. The largest absolute Gasteiger partial charge is 0.255 e. The summed E-state index contributed by atoms with van der Waals surface area (Å²) in [5.74, 6) is 1.76. The van der Waals surface area contributed by atoms with E-state index in [2.05, 4.69) is 48.5 Å². The molecule has 0 fully saturated rings. The summed E-state index contributed by atoms with van der Waals surface area (Å²) >= 11 is 6.08. The van der Waals surface area contributed by atoms with Crippen molar-refractivity contribution in [1.29, 1.82) is 0 Å². The summed E-state index contributed by atoms with van der Waals surface area (Å²) in [5, 5.41) is 0.693. The van der Waals surface area contributed by atoms with Crippen molar-refractivity contribution in [2.75, 3.05) is 0 Å². The average molecular weight is 573 g/mol. The second-order valence-corrected chi connectivity index (χ2v) is 10.6. The zero-order valence-electron chi connectivity index (χ0n) is 23.1. The van der Waals surface area contributed by atoms with Gasteiger partial charge in [-0.1, -0.05) is 121 Å². The van der Waals surface area contributed by atoms with Gasteiger partial charge in [-0.2, -0.15) is 0 Å². The minimum absolute atomic E-state index is 0.561. The fraction of sp³-hybridized carbons (Fsp3) is 0. The van der Waals surface area contributed by atoms with E-state index in [-0.39, 0.29) is 0 Å². The van der Waals surface area contributed by atoms with E-state index in [1.807, 2.05) is 103 Å². The standard InChI is InChI=1S/C38H25ClN4/c39-34-20-17-28(18-21-34)35-22-19-33(25-40-35)38-42-36(31-15-7-13-29(23-31)26-9-3-1-4-10-26)41-37(43-38)32-16-8-14-30(24-32)27-11-5-2-6-12-27/h1-25H. The van der Waals surface area contributed by atoms with Gasteiger partial charge in [-0.15, -0.1) is 0 Å². The van der Waals surface area contributed by atoms with Crippen LogP contribution in [0.2, 0.25) is 5.02 Å². The van der Waals surface area contributed by atoms with E-state index in [9.17, 15) is 0 Å². The molecule has 0 atom stereocenters. The lowest BCUT2D eigenvalue weighted by Crippen LogP contribution is -2.01. The lowest BCUT2D eigenvalue weighted by atomic mass is 10.0. The number of rotatable bonds is 6. The first-order valence-electron chi connectivity index (χ1n) is 14.0. The lowest BCUT2D eigenvalue weighted by Gasteiger charge is -2.11. The van der Waals surface area contributed by atoms with Crippen molar-refractivity contribution in [1.82, 2.24) is 19.9 Å². The van der Waals surface area contributed by atoms with Crippen molar-refractivity contribution < 1.29 is 0 Å². The number of nitrogens with zero attached hydrogens (tertiary/aromatic N) is 4. The Hall–Kier alpha value is -5.45. The Labute approximate surface area is 255 Å². The number of hydrogen-bond acceptors (Lipinski definition) is 4. The fourth-order valence-corrected chi connectivity index (χ4v) is 5.14. The van der Waals surface area contributed by atoms with Crippen molar-refractivity contribution in [2.45, 2.75) is 0 Å². The molecule has 7 rings (SSSR count). The van der Waals surface area contributed by atoms with Gasteiger partial charge >= 0.3 is 0 Å². The van der Waals surface area contributed by atoms with E-state index in [0.29, 0.717) is 22.5 Å². The van der Waals surface area contributed by atoms with Crippen molar-refractivity contribution in [3.8, 4) is 67.7 Å². The van der Waals surface area contributed by atoms with Crippen LogP contribution in [0.1, 0.15) is 0 Å². The maximum absolute atomic E-state index is 6.08. The molecule has 0 aliphatic carbocycles. The Morgan fingerprint density at radius 2 is 0.791 bits per heavy atom.